The summed E-state index contributed by atoms with van der Waals surface area (Å²) in [5.74, 6) is -0.859. The zero-order chi connectivity index (χ0) is 22.3. The molecule has 0 saturated heterocycles. The van der Waals surface area contributed by atoms with Crippen molar-refractivity contribution in [3.63, 3.8) is 0 Å². The van der Waals surface area contributed by atoms with E-state index in [9.17, 15) is 23.1 Å². The highest BCUT2D eigenvalue weighted by Crippen LogP contribution is 2.31. The Morgan fingerprint density at radius 3 is 2.20 bits per heavy atom. The Kier molecular flexibility index (Phi) is 7.79. The van der Waals surface area contributed by atoms with E-state index in [4.69, 9.17) is 9.47 Å². The summed E-state index contributed by atoms with van der Waals surface area (Å²) in [5.41, 5.74) is 1.10. The third kappa shape index (κ3) is 6.19. The van der Waals surface area contributed by atoms with Gasteiger partial charge in [0.05, 0.1) is 25.2 Å². The van der Waals surface area contributed by atoms with Gasteiger partial charge in [0.25, 0.3) is 0 Å². The number of ether oxygens (including phenoxy) is 2. The molecule has 1 amide bonds. The summed E-state index contributed by atoms with van der Waals surface area (Å²) in [6, 6.07) is 9.41. The van der Waals surface area contributed by atoms with Gasteiger partial charge in [0.15, 0.2) is 11.5 Å². The fourth-order valence-corrected chi connectivity index (χ4v) is 3.96. The van der Waals surface area contributed by atoms with Crippen molar-refractivity contribution in [2.45, 2.75) is 30.8 Å². The second-order valence-electron chi connectivity index (χ2n) is 6.42. The molecule has 10 heteroatoms. The van der Waals surface area contributed by atoms with Gasteiger partial charge in [0, 0.05) is 25.9 Å². The van der Waals surface area contributed by atoms with Gasteiger partial charge < -0.3 is 24.7 Å². The maximum Gasteiger partial charge on any atom is 0.241 e. The third-order valence-corrected chi connectivity index (χ3v) is 5.74. The number of hydrogen-bond donors (Lipinski definition) is 2. The molecule has 162 valence electrons. The van der Waals surface area contributed by atoms with Crippen LogP contribution in [0.5, 0.6) is 11.5 Å². The zero-order valence-corrected chi connectivity index (χ0v) is 17.6. The highest BCUT2D eigenvalue weighted by Gasteiger charge is 2.23. The molecular formula is C20H23N2O7S-. The summed E-state index contributed by atoms with van der Waals surface area (Å²) in [7, 11) is -1.17. The smallest absolute Gasteiger partial charge is 0.241 e. The average molecular weight is 435 g/mol. The summed E-state index contributed by atoms with van der Waals surface area (Å²) in [6.07, 6.45) is -0.574. The van der Waals surface area contributed by atoms with Crippen LogP contribution in [0.15, 0.2) is 47.4 Å². The maximum atomic E-state index is 12.8. The molecule has 0 aliphatic heterocycles. The van der Waals surface area contributed by atoms with Crippen LogP contribution in [-0.2, 0) is 26.2 Å². The van der Waals surface area contributed by atoms with Gasteiger partial charge in [-0.3, -0.25) is 4.79 Å². The molecule has 2 aromatic rings. The van der Waals surface area contributed by atoms with E-state index >= 15 is 0 Å². The Bertz CT molecular complexity index is 1000. The minimum Gasteiger partial charge on any atom is -0.550 e. The first-order valence-corrected chi connectivity index (χ1v) is 10.4. The second-order valence-corrected chi connectivity index (χ2v) is 8.13. The van der Waals surface area contributed by atoms with Gasteiger partial charge in [-0.25, -0.2) is 13.1 Å². The number of amides is 1. The fraction of sp³-hybridized carbons (Fsp3) is 0.300. The molecule has 2 rings (SSSR count). The Hall–Kier alpha value is -3.11. The zero-order valence-electron chi connectivity index (χ0n) is 16.8. The van der Waals surface area contributed by atoms with Crippen molar-refractivity contribution in [1.29, 1.82) is 0 Å². The first kappa shape index (κ1) is 23.2. The second kappa shape index (κ2) is 10.1. The van der Waals surface area contributed by atoms with E-state index in [-0.39, 0.29) is 17.3 Å². The van der Waals surface area contributed by atoms with Gasteiger partial charge in [0.1, 0.15) is 0 Å². The predicted molar refractivity (Wildman–Crippen MR) is 106 cm³/mol. The molecule has 9 nitrogen and oxygen atoms in total. The molecule has 0 spiro atoms. The van der Waals surface area contributed by atoms with Crippen molar-refractivity contribution in [2.75, 3.05) is 14.2 Å². The average Bonchev–Trinajstić information content (AvgIpc) is 2.71. The molecule has 1 atom stereocenters. The first-order chi connectivity index (χ1) is 14.2. The van der Waals surface area contributed by atoms with Crippen molar-refractivity contribution >= 4 is 21.9 Å². The highest BCUT2D eigenvalue weighted by molar-refractivity contribution is 7.89. The lowest BCUT2D eigenvalue weighted by Crippen LogP contribution is -2.34. The molecule has 30 heavy (non-hydrogen) atoms. The Balaban J connectivity index is 2.29. The van der Waals surface area contributed by atoms with E-state index < -0.39 is 28.5 Å². The number of sulfonamides is 1. The van der Waals surface area contributed by atoms with E-state index in [2.05, 4.69) is 10.0 Å². The number of carbonyl (C=O) groups excluding carboxylic acids is 2. The van der Waals surface area contributed by atoms with Crippen LogP contribution in [0.4, 0.5) is 0 Å². The SMILES string of the molecule is COc1ccc([C@H](CC(=O)[O-])NS(=O)(=O)c2ccc(CNC(C)=O)cc2)cc1OC. The Morgan fingerprint density at radius 2 is 1.67 bits per heavy atom. The molecule has 2 N–H and O–H groups in total. The molecule has 0 radical (unpaired) electrons. The van der Waals surface area contributed by atoms with Crippen LogP contribution in [0.1, 0.15) is 30.5 Å². The summed E-state index contributed by atoms with van der Waals surface area (Å²) < 4.78 is 38.4. The molecular weight excluding hydrogens is 412 g/mol. The Labute approximate surface area is 175 Å². The van der Waals surface area contributed by atoms with Crippen molar-refractivity contribution < 1.29 is 32.6 Å². The summed E-state index contributed by atoms with van der Waals surface area (Å²) in [6.45, 7) is 1.65. The molecule has 0 aliphatic carbocycles. The molecule has 0 saturated carbocycles. The highest BCUT2D eigenvalue weighted by atomic mass is 32.2. The minimum absolute atomic E-state index is 0.0436. The van der Waals surface area contributed by atoms with Crippen molar-refractivity contribution in [1.82, 2.24) is 10.0 Å². The number of aliphatic carboxylic acids is 1. The van der Waals surface area contributed by atoms with Gasteiger partial charge in [-0.05, 0) is 35.4 Å². The number of hydrogen-bond acceptors (Lipinski definition) is 7. The lowest BCUT2D eigenvalue weighted by atomic mass is 10.0. The van der Waals surface area contributed by atoms with Gasteiger partial charge in [-0.15, -0.1) is 0 Å². The first-order valence-electron chi connectivity index (χ1n) is 8.93. The number of methoxy groups -OCH3 is 2. The standard InChI is InChI=1S/C20H24N2O7S/c1-13(23)21-12-14-4-7-16(8-5-14)30(26,27)22-17(11-20(24)25)15-6-9-18(28-2)19(10-15)29-3/h4-10,17,22H,11-12H2,1-3H3,(H,21,23)(H,24,25)/p-1/t17-/m0/s1. The van der Waals surface area contributed by atoms with E-state index in [1.54, 1.807) is 24.3 Å². The Morgan fingerprint density at radius 1 is 1.03 bits per heavy atom. The van der Waals surface area contributed by atoms with Crippen molar-refractivity contribution in [3.05, 3.63) is 53.6 Å². The number of rotatable bonds is 10. The number of nitrogens with one attached hydrogen (secondary N) is 2. The van der Waals surface area contributed by atoms with E-state index in [1.807, 2.05) is 0 Å². The molecule has 0 aromatic heterocycles. The van der Waals surface area contributed by atoms with Gasteiger partial charge in [0.2, 0.25) is 15.9 Å². The number of carbonyl (C=O) groups is 2. The summed E-state index contributed by atoms with van der Waals surface area (Å²) >= 11 is 0. The molecule has 0 unspecified atom stereocenters. The number of benzene rings is 2. The number of carboxylic acids is 1. The monoisotopic (exact) mass is 435 g/mol. The number of carboxylic acid groups (broad SMARTS) is 1. The van der Waals surface area contributed by atoms with Crippen LogP contribution in [-0.4, -0.2) is 34.5 Å². The maximum absolute atomic E-state index is 12.8. The largest absolute Gasteiger partial charge is 0.550 e. The third-order valence-electron chi connectivity index (χ3n) is 4.25. The summed E-state index contributed by atoms with van der Waals surface area (Å²) in [4.78, 5) is 22.2. The van der Waals surface area contributed by atoms with Gasteiger partial charge in [-0.2, -0.15) is 0 Å². The molecule has 0 fully saturated rings. The summed E-state index contributed by atoms with van der Waals surface area (Å²) in [5, 5.41) is 13.8. The van der Waals surface area contributed by atoms with Crippen LogP contribution in [0.3, 0.4) is 0 Å². The van der Waals surface area contributed by atoms with Crippen LogP contribution >= 0.6 is 0 Å². The van der Waals surface area contributed by atoms with Crippen LogP contribution < -0.4 is 24.6 Å². The van der Waals surface area contributed by atoms with Crippen LogP contribution in [0.25, 0.3) is 0 Å². The normalized spacial score (nSPS) is 12.1. The molecule has 0 heterocycles. The van der Waals surface area contributed by atoms with Crippen molar-refractivity contribution in [2.24, 2.45) is 0 Å². The lowest BCUT2D eigenvalue weighted by Gasteiger charge is -2.21. The molecule has 0 aliphatic rings. The lowest BCUT2D eigenvalue weighted by molar-refractivity contribution is -0.306. The van der Waals surface area contributed by atoms with E-state index in [1.165, 1.54) is 39.3 Å². The van der Waals surface area contributed by atoms with Crippen molar-refractivity contribution in [3.8, 4) is 11.5 Å². The fourth-order valence-electron chi connectivity index (χ4n) is 2.73. The molecule has 2 aromatic carbocycles. The quantitative estimate of drug-likeness (QED) is 0.555. The van der Waals surface area contributed by atoms with E-state index in [0.717, 1.165) is 5.56 Å². The minimum atomic E-state index is -4.04. The van der Waals surface area contributed by atoms with Gasteiger partial charge in [-0.1, -0.05) is 18.2 Å². The molecule has 0 bridgehead atoms. The topological polar surface area (TPSA) is 134 Å². The van der Waals surface area contributed by atoms with E-state index in [0.29, 0.717) is 17.1 Å². The van der Waals surface area contributed by atoms with Crippen LogP contribution in [0.2, 0.25) is 0 Å². The van der Waals surface area contributed by atoms with Gasteiger partial charge >= 0.3 is 0 Å². The van der Waals surface area contributed by atoms with Crippen LogP contribution in [0, 0.1) is 0 Å². The predicted octanol–water partition coefficient (Wildman–Crippen LogP) is 0.500.